The second kappa shape index (κ2) is 3.46. The number of hydrogen-bond acceptors (Lipinski definition) is 4. The Morgan fingerprint density at radius 3 is 0.833 bits per heavy atom. The van der Waals surface area contributed by atoms with E-state index in [1.807, 2.05) is 0 Å². The van der Waals surface area contributed by atoms with Crippen LogP contribution in [-0.2, 0) is 28.9 Å². The predicted molar refractivity (Wildman–Crippen MR) is 8.50 cm³/mol. The molecule has 0 aromatic carbocycles. The van der Waals surface area contributed by atoms with E-state index in [1.54, 1.807) is 0 Å². The minimum atomic E-state index is -5.86. The first-order valence-electron chi connectivity index (χ1n) is 0.577. The average Bonchev–Trinajstić information content (AvgIpc) is 0.722. The first-order chi connectivity index (χ1) is 2.00. The number of rotatable bonds is 0. The molecule has 0 aliphatic rings. The summed E-state index contributed by atoms with van der Waals surface area (Å²) >= 11 is -5.86. The van der Waals surface area contributed by atoms with E-state index >= 15 is 0 Å². The molecule has 0 saturated carbocycles. The third-order valence-corrected chi connectivity index (χ3v) is 0. The molecule has 0 aliphatic heterocycles. The molecule has 6 heavy (non-hydrogen) atoms. The van der Waals surface area contributed by atoms with E-state index in [-0.39, 0.29) is 51.4 Å². The van der Waals surface area contributed by atoms with E-state index in [4.69, 9.17) is 14.3 Å². The second-order valence-electron chi connectivity index (χ2n) is 0.354. The Labute approximate surface area is 78.6 Å². The minimum absolute atomic E-state index is 0. The van der Waals surface area contributed by atoms with Crippen LogP contribution in [0.1, 0.15) is 0 Å². The Kier molecular flexibility index (Phi) is 6.02. The molecular weight excluding hydrogens is 204 g/mol. The van der Waals surface area contributed by atoms with Crippen LogP contribution in [0.25, 0.3) is 0 Å². The first kappa shape index (κ1) is 10.4. The van der Waals surface area contributed by atoms with E-state index in [2.05, 4.69) is 0 Å². The van der Waals surface area contributed by atoms with Crippen molar-refractivity contribution in [2.45, 2.75) is 0 Å². The third kappa shape index (κ3) is 51.0. The molecule has 0 bridgehead atoms. The molecule has 0 N–H and O–H groups in total. The van der Waals surface area contributed by atoms with Crippen LogP contribution in [0.15, 0.2) is 0 Å². The molecule has 0 fully saturated rings. The van der Waals surface area contributed by atoms with E-state index in [0.717, 1.165) is 0 Å². The fraction of sp³-hybridized carbons (Fsp3) is 0. The predicted octanol–water partition coefficient (Wildman–Crippen LogP) is -0.859. The second-order valence-corrected chi connectivity index (χ2v) is 2.09. The molecule has 0 aliphatic carbocycles. The SMILES string of the molecule is [K].[O]=[Ru](=[O])(=[O])=[O]. The van der Waals surface area contributed by atoms with E-state index in [9.17, 15) is 0 Å². The van der Waals surface area contributed by atoms with Gasteiger partial charge in [0.2, 0.25) is 0 Å². The molecule has 1 radical (unpaired) electrons. The summed E-state index contributed by atoms with van der Waals surface area (Å²) in [5.41, 5.74) is 0. The van der Waals surface area contributed by atoms with Crippen molar-refractivity contribution in [1.82, 2.24) is 0 Å². The molecule has 0 aromatic rings. The number of hydrogen-bond donors (Lipinski definition) is 0. The van der Waals surface area contributed by atoms with Crippen LogP contribution in [0.4, 0.5) is 0 Å². The zero-order chi connectivity index (χ0) is 4.50. The van der Waals surface area contributed by atoms with Gasteiger partial charge < -0.3 is 0 Å². The van der Waals surface area contributed by atoms with Crippen molar-refractivity contribution < 1.29 is 28.9 Å². The summed E-state index contributed by atoms with van der Waals surface area (Å²) in [6.45, 7) is 0. The van der Waals surface area contributed by atoms with Crippen molar-refractivity contribution in [1.29, 1.82) is 0 Å². The summed E-state index contributed by atoms with van der Waals surface area (Å²) in [6, 6.07) is 0. The van der Waals surface area contributed by atoms with Crippen molar-refractivity contribution in [3.05, 3.63) is 0 Å². The third-order valence-electron chi connectivity index (χ3n) is 0. The fourth-order valence-electron chi connectivity index (χ4n) is 0. The molecule has 0 unspecified atom stereocenters. The summed E-state index contributed by atoms with van der Waals surface area (Å²) in [5, 5.41) is 0. The van der Waals surface area contributed by atoms with Crippen LogP contribution in [0, 0.1) is 0 Å². The molecule has 0 spiro atoms. The van der Waals surface area contributed by atoms with E-state index < -0.39 is 14.6 Å². The van der Waals surface area contributed by atoms with Crippen LogP contribution in [-0.4, -0.2) is 51.4 Å². The van der Waals surface area contributed by atoms with Gasteiger partial charge in [-0.15, -0.1) is 0 Å². The quantitative estimate of drug-likeness (QED) is 0.481. The van der Waals surface area contributed by atoms with Crippen LogP contribution >= 0.6 is 0 Å². The summed E-state index contributed by atoms with van der Waals surface area (Å²) in [5.74, 6) is 0. The van der Waals surface area contributed by atoms with Crippen molar-refractivity contribution in [3.63, 3.8) is 0 Å². The summed E-state index contributed by atoms with van der Waals surface area (Å²) in [4.78, 5) is 0. The van der Waals surface area contributed by atoms with Gasteiger partial charge >= 0.3 is 28.9 Å². The van der Waals surface area contributed by atoms with Gasteiger partial charge in [-0.05, 0) is 0 Å². The zero-order valence-corrected chi connectivity index (χ0v) is 7.85. The van der Waals surface area contributed by atoms with Gasteiger partial charge in [-0.1, -0.05) is 0 Å². The summed E-state index contributed by atoms with van der Waals surface area (Å²) < 4.78 is 34.4. The molecule has 33 valence electrons. The molecule has 0 aromatic heterocycles. The molecule has 4 nitrogen and oxygen atoms in total. The Morgan fingerprint density at radius 2 is 0.833 bits per heavy atom. The van der Waals surface area contributed by atoms with Crippen LogP contribution in [0.5, 0.6) is 0 Å². The van der Waals surface area contributed by atoms with Gasteiger partial charge in [-0.2, -0.15) is 0 Å². The maximum atomic E-state index is 8.61. The normalized spacial score (nSPS) is 9.33. The van der Waals surface area contributed by atoms with Crippen molar-refractivity contribution in [2.24, 2.45) is 0 Å². The molecule has 0 amide bonds. The zero-order valence-electron chi connectivity index (χ0n) is 2.99. The average molecular weight is 204 g/mol. The maximum absolute atomic E-state index is 8.61. The molecular formula is KO4Ru. The van der Waals surface area contributed by atoms with Crippen molar-refractivity contribution in [2.75, 3.05) is 0 Å². The van der Waals surface area contributed by atoms with Crippen LogP contribution in [0.3, 0.4) is 0 Å². The molecule has 6 heteroatoms. The summed E-state index contributed by atoms with van der Waals surface area (Å²) in [6.07, 6.45) is 0. The van der Waals surface area contributed by atoms with Crippen molar-refractivity contribution >= 4 is 51.4 Å². The van der Waals surface area contributed by atoms with Crippen molar-refractivity contribution in [3.8, 4) is 0 Å². The summed E-state index contributed by atoms with van der Waals surface area (Å²) in [7, 11) is 0. The standard InChI is InChI=1S/K.4O.Ru. The van der Waals surface area contributed by atoms with Crippen LogP contribution in [0.2, 0.25) is 0 Å². The molecule has 0 rings (SSSR count). The Balaban J connectivity index is 0. The topological polar surface area (TPSA) is 68.3 Å². The Morgan fingerprint density at radius 1 is 0.833 bits per heavy atom. The van der Waals surface area contributed by atoms with Gasteiger partial charge in [0.05, 0.1) is 0 Å². The van der Waals surface area contributed by atoms with Gasteiger partial charge in [0.1, 0.15) is 0 Å². The van der Waals surface area contributed by atoms with Gasteiger partial charge in [-0.25, -0.2) is 0 Å². The van der Waals surface area contributed by atoms with Gasteiger partial charge in [0.15, 0.2) is 0 Å². The van der Waals surface area contributed by atoms with E-state index in [0.29, 0.717) is 0 Å². The monoisotopic (exact) mass is 205 g/mol. The Bertz CT molecular complexity index is 159. The van der Waals surface area contributed by atoms with Crippen LogP contribution < -0.4 is 0 Å². The molecule has 0 heterocycles. The van der Waals surface area contributed by atoms with Gasteiger partial charge in [0, 0.05) is 51.4 Å². The van der Waals surface area contributed by atoms with Gasteiger partial charge in [-0.3, -0.25) is 0 Å². The van der Waals surface area contributed by atoms with E-state index in [1.165, 1.54) is 0 Å². The fourth-order valence-corrected chi connectivity index (χ4v) is 0. The molecule has 0 saturated heterocycles. The molecule has 0 atom stereocenters. The van der Waals surface area contributed by atoms with Gasteiger partial charge in [0.25, 0.3) is 0 Å². The Hall–Kier alpha value is 1.46. The first-order valence-corrected chi connectivity index (χ1v) is 3.42.